The Labute approximate surface area is 174 Å². The Balaban J connectivity index is 0.000000216. The fourth-order valence-corrected chi connectivity index (χ4v) is 2.89. The summed E-state index contributed by atoms with van der Waals surface area (Å²) in [5.41, 5.74) is 9.07. The first-order chi connectivity index (χ1) is 14.3. The van der Waals surface area contributed by atoms with Gasteiger partial charge in [-0.05, 0) is 68.1 Å². The molecule has 0 aliphatic rings. The summed E-state index contributed by atoms with van der Waals surface area (Å²) in [6, 6.07) is 9.26. The average Bonchev–Trinajstić information content (AvgIpc) is 3.15. The molecule has 2 aromatic heterocycles. The van der Waals surface area contributed by atoms with Crippen LogP contribution in [-0.2, 0) is 12.6 Å². The van der Waals surface area contributed by atoms with E-state index in [1.54, 1.807) is 19.4 Å². The monoisotopic (exact) mass is 416 g/mol. The molecule has 1 unspecified atom stereocenters. The SMILES string of the molecule is C/C=C\C(=C/N)Cc1c[nH]c2ncccc12.CNC(C)c1ccc(C(F)(F)F)cc1. The minimum absolute atomic E-state index is 0.0669. The largest absolute Gasteiger partial charge is 0.416 e. The number of pyridine rings is 1. The van der Waals surface area contributed by atoms with E-state index < -0.39 is 11.7 Å². The Morgan fingerprint density at radius 1 is 1.23 bits per heavy atom. The van der Waals surface area contributed by atoms with Crippen molar-refractivity contribution in [3.05, 3.63) is 89.4 Å². The molecule has 3 aromatic rings. The molecule has 4 nitrogen and oxygen atoms in total. The number of allylic oxidation sites excluding steroid dienone is 3. The summed E-state index contributed by atoms with van der Waals surface area (Å²) >= 11 is 0. The maximum absolute atomic E-state index is 12.2. The van der Waals surface area contributed by atoms with Crippen LogP contribution < -0.4 is 11.1 Å². The number of hydrogen-bond acceptors (Lipinski definition) is 3. The van der Waals surface area contributed by atoms with Crippen molar-refractivity contribution in [2.24, 2.45) is 5.73 Å². The second kappa shape index (κ2) is 10.6. The number of alkyl halides is 3. The van der Waals surface area contributed by atoms with Gasteiger partial charge in [0, 0.05) is 30.2 Å². The van der Waals surface area contributed by atoms with Crippen molar-refractivity contribution >= 4 is 11.0 Å². The van der Waals surface area contributed by atoms with E-state index in [0.29, 0.717) is 0 Å². The minimum Gasteiger partial charge on any atom is -0.404 e. The molecule has 0 bridgehead atoms. The highest BCUT2D eigenvalue weighted by atomic mass is 19.4. The van der Waals surface area contributed by atoms with Crippen molar-refractivity contribution in [1.82, 2.24) is 15.3 Å². The normalized spacial score (nSPS) is 13.3. The summed E-state index contributed by atoms with van der Waals surface area (Å²) in [5.74, 6) is 0. The van der Waals surface area contributed by atoms with Gasteiger partial charge in [0.1, 0.15) is 5.65 Å². The molecule has 0 aliphatic carbocycles. The molecule has 1 aromatic carbocycles. The van der Waals surface area contributed by atoms with Crippen molar-refractivity contribution in [2.45, 2.75) is 32.5 Å². The molecule has 160 valence electrons. The molecule has 30 heavy (non-hydrogen) atoms. The van der Waals surface area contributed by atoms with Gasteiger partial charge >= 0.3 is 6.18 Å². The van der Waals surface area contributed by atoms with Crippen LogP contribution in [0.1, 0.15) is 36.6 Å². The van der Waals surface area contributed by atoms with Crippen LogP contribution in [0.25, 0.3) is 11.0 Å². The zero-order valence-corrected chi connectivity index (χ0v) is 17.3. The van der Waals surface area contributed by atoms with E-state index in [9.17, 15) is 13.2 Å². The van der Waals surface area contributed by atoms with Gasteiger partial charge < -0.3 is 16.0 Å². The lowest BCUT2D eigenvalue weighted by atomic mass is 10.1. The Kier molecular flexibility index (Phi) is 8.24. The first kappa shape index (κ1) is 23.2. The fourth-order valence-electron chi connectivity index (χ4n) is 2.89. The molecule has 0 aliphatic heterocycles. The highest BCUT2D eigenvalue weighted by Gasteiger charge is 2.30. The molecule has 7 heteroatoms. The molecule has 3 rings (SSSR count). The number of nitrogens with zero attached hydrogens (tertiary/aromatic N) is 1. The quantitative estimate of drug-likeness (QED) is 0.481. The van der Waals surface area contributed by atoms with Crippen LogP contribution in [-0.4, -0.2) is 17.0 Å². The highest BCUT2D eigenvalue weighted by molar-refractivity contribution is 5.79. The van der Waals surface area contributed by atoms with Crippen molar-refractivity contribution in [1.29, 1.82) is 0 Å². The molecule has 0 saturated heterocycles. The van der Waals surface area contributed by atoms with Gasteiger partial charge in [-0.2, -0.15) is 13.2 Å². The van der Waals surface area contributed by atoms with E-state index in [1.165, 1.54) is 17.7 Å². The number of H-pyrrole nitrogens is 1. The van der Waals surface area contributed by atoms with Crippen LogP contribution in [0.15, 0.2) is 72.7 Å². The molecule has 0 fully saturated rings. The zero-order chi connectivity index (χ0) is 22.1. The zero-order valence-electron chi connectivity index (χ0n) is 17.3. The molecule has 2 heterocycles. The smallest absolute Gasteiger partial charge is 0.404 e. The van der Waals surface area contributed by atoms with E-state index in [1.807, 2.05) is 38.3 Å². The summed E-state index contributed by atoms with van der Waals surface area (Å²) in [6.07, 6.45) is 6.02. The fraction of sp³-hybridized carbons (Fsp3) is 0.261. The molecular formula is C23H27F3N4. The number of nitrogens with two attached hydrogens (primary N) is 1. The van der Waals surface area contributed by atoms with Gasteiger partial charge in [0.05, 0.1) is 5.56 Å². The van der Waals surface area contributed by atoms with Crippen molar-refractivity contribution < 1.29 is 13.2 Å². The number of nitrogens with one attached hydrogen (secondary N) is 2. The first-order valence-corrected chi connectivity index (χ1v) is 9.59. The number of rotatable bonds is 5. The third-order valence-electron chi connectivity index (χ3n) is 4.70. The third kappa shape index (κ3) is 6.22. The van der Waals surface area contributed by atoms with Crippen LogP contribution in [0.2, 0.25) is 0 Å². The number of halogens is 3. The summed E-state index contributed by atoms with van der Waals surface area (Å²) < 4.78 is 36.6. The molecule has 0 radical (unpaired) electrons. The van der Waals surface area contributed by atoms with Crippen molar-refractivity contribution in [3.8, 4) is 0 Å². The van der Waals surface area contributed by atoms with Gasteiger partial charge in [0.2, 0.25) is 0 Å². The predicted octanol–water partition coefficient (Wildman–Crippen LogP) is 5.51. The molecule has 0 saturated carbocycles. The topological polar surface area (TPSA) is 66.7 Å². The van der Waals surface area contributed by atoms with E-state index in [2.05, 4.69) is 21.4 Å². The van der Waals surface area contributed by atoms with E-state index in [0.717, 1.165) is 40.7 Å². The minimum atomic E-state index is -4.25. The van der Waals surface area contributed by atoms with Crippen molar-refractivity contribution in [2.75, 3.05) is 7.05 Å². The summed E-state index contributed by atoms with van der Waals surface area (Å²) in [5, 5.41) is 4.12. The number of aromatic nitrogens is 2. The maximum atomic E-state index is 12.2. The predicted molar refractivity (Wildman–Crippen MR) is 116 cm³/mol. The second-order valence-corrected chi connectivity index (χ2v) is 6.76. The third-order valence-corrected chi connectivity index (χ3v) is 4.70. The van der Waals surface area contributed by atoms with E-state index in [-0.39, 0.29) is 6.04 Å². The van der Waals surface area contributed by atoms with Crippen LogP contribution in [0.4, 0.5) is 13.2 Å². The van der Waals surface area contributed by atoms with Gasteiger partial charge in [-0.1, -0.05) is 24.3 Å². The highest BCUT2D eigenvalue weighted by Crippen LogP contribution is 2.29. The standard InChI is InChI=1S/C13H15N3.C10H12F3N/c1-2-4-10(8-14)7-11-9-16-13-12(11)5-3-6-15-13;1-7(14-2)8-3-5-9(6-4-8)10(11,12)13/h2-6,8-9H,7,14H2,1H3,(H,15,16);3-7,14H,1-2H3/b4-2-,10-8+;. The number of fused-ring (bicyclic) bond motifs is 1. The van der Waals surface area contributed by atoms with Gasteiger partial charge in [-0.3, -0.25) is 0 Å². The summed E-state index contributed by atoms with van der Waals surface area (Å²) in [4.78, 5) is 7.41. The lowest BCUT2D eigenvalue weighted by Crippen LogP contribution is -2.12. The Morgan fingerprint density at radius 3 is 2.50 bits per heavy atom. The summed E-state index contributed by atoms with van der Waals surface area (Å²) in [6.45, 7) is 3.88. The Bertz CT molecular complexity index is 986. The summed E-state index contributed by atoms with van der Waals surface area (Å²) in [7, 11) is 1.77. The lowest BCUT2D eigenvalue weighted by Gasteiger charge is -2.12. The molecule has 0 spiro atoms. The lowest BCUT2D eigenvalue weighted by molar-refractivity contribution is -0.137. The molecule has 4 N–H and O–H groups in total. The maximum Gasteiger partial charge on any atom is 0.416 e. The van der Waals surface area contributed by atoms with Crippen LogP contribution in [0.5, 0.6) is 0 Å². The van der Waals surface area contributed by atoms with Crippen molar-refractivity contribution in [3.63, 3.8) is 0 Å². The van der Waals surface area contributed by atoms with Crippen LogP contribution >= 0.6 is 0 Å². The number of hydrogen-bond donors (Lipinski definition) is 3. The number of benzene rings is 1. The first-order valence-electron chi connectivity index (χ1n) is 9.59. The van der Waals surface area contributed by atoms with Gasteiger partial charge in [-0.15, -0.1) is 0 Å². The molecule has 1 atom stereocenters. The molecular weight excluding hydrogens is 389 g/mol. The van der Waals surface area contributed by atoms with Crippen LogP contribution in [0.3, 0.4) is 0 Å². The van der Waals surface area contributed by atoms with Gasteiger partial charge in [-0.25, -0.2) is 4.98 Å². The Morgan fingerprint density at radius 2 is 1.93 bits per heavy atom. The second-order valence-electron chi connectivity index (χ2n) is 6.76. The number of aromatic amines is 1. The van der Waals surface area contributed by atoms with Gasteiger partial charge in [0.15, 0.2) is 0 Å². The average molecular weight is 416 g/mol. The van der Waals surface area contributed by atoms with E-state index in [4.69, 9.17) is 5.73 Å². The Hall–Kier alpha value is -3.06. The van der Waals surface area contributed by atoms with Gasteiger partial charge in [0.25, 0.3) is 0 Å². The van der Waals surface area contributed by atoms with E-state index >= 15 is 0 Å². The van der Waals surface area contributed by atoms with Crippen LogP contribution in [0, 0.1) is 0 Å². The molecule has 0 amide bonds.